The topological polar surface area (TPSA) is 35.6 Å². The highest BCUT2D eigenvalue weighted by atomic mass is 127. The molecule has 0 saturated heterocycles. The van der Waals surface area contributed by atoms with Gasteiger partial charge in [-0.3, -0.25) is 9.36 Å². The fourth-order valence-corrected chi connectivity index (χ4v) is 2.59. The van der Waals surface area contributed by atoms with Crippen molar-refractivity contribution in [1.29, 1.82) is 0 Å². The third-order valence-corrected chi connectivity index (χ3v) is 3.34. The van der Waals surface area contributed by atoms with Crippen LogP contribution in [-0.4, -0.2) is 19.6 Å². The first-order valence-electron chi connectivity index (χ1n) is 4.55. The van der Waals surface area contributed by atoms with Gasteiger partial charge in [0, 0.05) is 19.8 Å². The highest BCUT2D eigenvalue weighted by molar-refractivity contribution is 14.1. The molecule has 4 nitrogen and oxygen atoms in total. The van der Waals surface area contributed by atoms with Gasteiger partial charge in [-0.15, -0.1) is 0 Å². The van der Waals surface area contributed by atoms with Crippen molar-refractivity contribution < 1.29 is 0 Å². The van der Waals surface area contributed by atoms with E-state index in [1.807, 2.05) is 30.9 Å². The summed E-state index contributed by atoms with van der Waals surface area (Å²) in [7, 11) is 1.82. The van der Waals surface area contributed by atoms with Crippen LogP contribution in [0.4, 0.5) is 0 Å². The van der Waals surface area contributed by atoms with Crippen LogP contribution in [0.25, 0.3) is 11.3 Å². The quantitative estimate of drug-likeness (QED) is 0.790. The molecular weight excluding hydrogens is 326 g/mol. The Morgan fingerprint density at radius 2 is 2.20 bits per heavy atom. The van der Waals surface area contributed by atoms with Crippen molar-refractivity contribution >= 4 is 34.2 Å². The second-order valence-corrected chi connectivity index (χ2v) is 4.52. The number of aryl methyl sites for hydroxylation is 2. The van der Waals surface area contributed by atoms with Crippen molar-refractivity contribution in [3.8, 4) is 11.3 Å². The van der Waals surface area contributed by atoms with E-state index in [9.17, 15) is 0 Å². The molecule has 0 aliphatic carbocycles. The second kappa shape index (κ2) is 4.13. The predicted octanol–water partition coefficient (Wildman–Crippen LogP) is 2.56. The molecule has 2 rings (SSSR count). The summed E-state index contributed by atoms with van der Waals surface area (Å²) < 4.78 is 4.40. The highest BCUT2D eigenvalue weighted by Crippen LogP contribution is 2.30. The lowest BCUT2D eigenvalue weighted by Gasteiger charge is -1.95. The molecule has 0 amide bonds. The monoisotopic (exact) mass is 336 g/mol. The fourth-order valence-electron chi connectivity index (χ4n) is 1.36. The minimum absolute atomic E-state index is 0.626. The normalized spacial score (nSPS) is 10.9. The standard InChI is InChI=1S/C9H10ClIN4/c1-3-15-5-4-6(12-15)7-8(10)14(2)13-9(7)11/h4-5H,3H2,1-2H3. The maximum absolute atomic E-state index is 6.15. The number of nitrogens with zero attached hydrogens (tertiary/aromatic N) is 4. The van der Waals surface area contributed by atoms with E-state index in [1.165, 1.54) is 0 Å². The summed E-state index contributed by atoms with van der Waals surface area (Å²) in [6.07, 6.45) is 1.94. The highest BCUT2D eigenvalue weighted by Gasteiger charge is 2.16. The summed E-state index contributed by atoms with van der Waals surface area (Å²) in [5.41, 5.74) is 1.78. The molecule has 0 bridgehead atoms. The molecule has 0 aromatic carbocycles. The van der Waals surface area contributed by atoms with Gasteiger partial charge in [0.25, 0.3) is 0 Å². The molecule has 2 aromatic rings. The lowest BCUT2D eigenvalue weighted by atomic mass is 10.3. The van der Waals surface area contributed by atoms with Crippen LogP contribution in [0.2, 0.25) is 5.15 Å². The second-order valence-electron chi connectivity index (χ2n) is 3.14. The van der Waals surface area contributed by atoms with Crippen LogP contribution in [0.5, 0.6) is 0 Å². The molecule has 15 heavy (non-hydrogen) atoms. The number of hydrogen-bond donors (Lipinski definition) is 0. The van der Waals surface area contributed by atoms with E-state index in [4.69, 9.17) is 11.6 Å². The fraction of sp³-hybridized carbons (Fsp3) is 0.333. The molecule has 0 fully saturated rings. The molecule has 0 saturated carbocycles. The van der Waals surface area contributed by atoms with E-state index >= 15 is 0 Å². The zero-order chi connectivity index (χ0) is 11.0. The molecule has 0 unspecified atom stereocenters. The maximum atomic E-state index is 6.15. The van der Waals surface area contributed by atoms with Crippen LogP contribution in [0.15, 0.2) is 12.3 Å². The van der Waals surface area contributed by atoms with Gasteiger partial charge in [-0.1, -0.05) is 11.6 Å². The van der Waals surface area contributed by atoms with Gasteiger partial charge in [0.15, 0.2) is 0 Å². The average Bonchev–Trinajstić information content (AvgIpc) is 2.74. The minimum atomic E-state index is 0.626. The van der Waals surface area contributed by atoms with E-state index in [0.717, 1.165) is 21.5 Å². The summed E-state index contributed by atoms with van der Waals surface area (Å²) in [5, 5.41) is 9.28. The van der Waals surface area contributed by atoms with Crippen molar-refractivity contribution in [2.24, 2.45) is 7.05 Å². The van der Waals surface area contributed by atoms with Gasteiger partial charge >= 0.3 is 0 Å². The van der Waals surface area contributed by atoms with Crippen molar-refractivity contribution in [1.82, 2.24) is 19.6 Å². The maximum Gasteiger partial charge on any atom is 0.137 e. The molecule has 0 radical (unpaired) electrons. The number of halogens is 2. The van der Waals surface area contributed by atoms with E-state index < -0.39 is 0 Å². The molecule has 6 heteroatoms. The molecule has 0 spiro atoms. The van der Waals surface area contributed by atoms with E-state index in [0.29, 0.717) is 5.15 Å². The van der Waals surface area contributed by atoms with Crippen LogP contribution in [0, 0.1) is 3.70 Å². The Bertz CT molecular complexity index is 488. The predicted molar refractivity (Wildman–Crippen MR) is 67.8 cm³/mol. The SMILES string of the molecule is CCn1ccc(-c2c(I)nn(C)c2Cl)n1. The Kier molecular flexibility index (Phi) is 3.01. The lowest BCUT2D eigenvalue weighted by Crippen LogP contribution is -1.94. The summed E-state index contributed by atoms with van der Waals surface area (Å²) in [6, 6.07) is 1.95. The Morgan fingerprint density at radius 3 is 2.67 bits per heavy atom. The van der Waals surface area contributed by atoms with Gasteiger partial charge in [-0.25, -0.2) is 0 Å². The van der Waals surface area contributed by atoms with Crippen molar-refractivity contribution in [2.45, 2.75) is 13.5 Å². The third kappa shape index (κ3) is 1.90. The minimum Gasteiger partial charge on any atom is -0.272 e. The number of aromatic nitrogens is 4. The van der Waals surface area contributed by atoms with Gasteiger partial charge in [0.05, 0.1) is 11.3 Å². The first-order valence-corrected chi connectivity index (χ1v) is 6.01. The molecular formula is C9H10ClIN4. The van der Waals surface area contributed by atoms with Gasteiger partial charge in [-0.2, -0.15) is 10.2 Å². The van der Waals surface area contributed by atoms with Crippen molar-refractivity contribution in [2.75, 3.05) is 0 Å². The zero-order valence-electron chi connectivity index (χ0n) is 8.41. The van der Waals surface area contributed by atoms with E-state index in [-0.39, 0.29) is 0 Å². The summed E-state index contributed by atoms with van der Waals surface area (Å²) in [4.78, 5) is 0. The van der Waals surface area contributed by atoms with Crippen LogP contribution in [-0.2, 0) is 13.6 Å². The van der Waals surface area contributed by atoms with Crippen LogP contribution in [0.3, 0.4) is 0 Å². The first-order chi connectivity index (χ1) is 7.13. The van der Waals surface area contributed by atoms with Crippen LogP contribution >= 0.6 is 34.2 Å². The van der Waals surface area contributed by atoms with Crippen LogP contribution in [0.1, 0.15) is 6.92 Å². The smallest absolute Gasteiger partial charge is 0.137 e. The van der Waals surface area contributed by atoms with E-state index in [1.54, 1.807) is 4.68 Å². The largest absolute Gasteiger partial charge is 0.272 e. The molecule has 0 aliphatic heterocycles. The van der Waals surface area contributed by atoms with Crippen LogP contribution < -0.4 is 0 Å². The molecule has 80 valence electrons. The number of rotatable bonds is 2. The Labute approximate surface area is 106 Å². The lowest BCUT2D eigenvalue weighted by molar-refractivity contribution is 0.662. The molecule has 2 aromatic heterocycles. The third-order valence-electron chi connectivity index (χ3n) is 2.16. The van der Waals surface area contributed by atoms with Gasteiger partial charge in [0.1, 0.15) is 8.85 Å². The van der Waals surface area contributed by atoms with Gasteiger partial charge in [-0.05, 0) is 35.6 Å². The molecule has 2 heterocycles. The summed E-state index contributed by atoms with van der Waals surface area (Å²) in [6.45, 7) is 2.90. The van der Waals surface area contributed by atoms with E-state index in [2.05, 4.69) is 32.8 Å². The van der Waals surface area contributed by atoms with Gasteiger partial charge < -0.3 is 0 Å². The molecule has 0 aliphatic rings. The summed E-state index contributed by atoms with van der Waals surface area (Å²) >= 11 is 8.31. The average molecular weight is 337 g/mol. The zero-order valence-corrected chi connectivity index (χ0v) is 11.3. The number of hydrogen-bond acceptors (Lipinski definition) is 2. The Hall–Kier alpha value is -0.560. The van der Waals surface area contributed by atoms with Gasteiger partial charge in [0.2, 0.25) is 0 Å². The Morgan fingerprint density at radius 1 is 1.47 bits per heavy atom. The van der Waals surface area contributed by atoms with Crippen molar-refractivity contribution in [3.63, 3.8) is 0 Å². The molecule has 0 atom stereocenters. The Balaban J connectivity index is 2.53. The van der Waals surface area contributed by atoms with Crippen molar-refractivity contribution in [3.05, 3.63) is 21.1 Å². The summed E-state index contributed by atoms with van der Waals surface area (Å²) in [5.74, 6) is 0. The first kappa shape index (κ1) is 10.9. The molecule has 0 N–H and O–H groups in total.